The van der Waals surface area contributed by atoms with Crippen molar-refractivity contribution in [3.05, 3.63) is 88.4 Å². The molecule has 0 amide bonds. The van der Waals surface area contributed by atoms with Gasteiger partial charge in [0.15, 0.2) is 17.1 Å². The minimum absolute atomic E-state index is 0.0165. The van der Waals surface area contributed by atoms with Crippen LogP contribution in [0.15, 0.2) is 92.4 Å². The molecule has 1 aromatic heterocycles. The lowest BCUT2D eigenvalue weighted by Gasteiger charge is -2.27. The largest absolute Gasteiger partial charge is 0.507 e. The van der Waals surface area contributed by atoms with Gasteiger partial charge in [0, 0.05) is 36.1 Å². The highest BCUT2D eigenvalue weighted by Gasteiger charge is 2.20. The molecule has 2 aliphatic rings. The number of morpholine rings is 1. The highest BCUT2D eigenvalue weighted by Crippen LogP contribution is 2.35. The molecule has 2 aromatic carbocycles. The first-order valence-corrected chi connectivity index (χ1v) is 16.3. The lowest BCUT2D eigenvalue weighted by molar-refractivity contribution is -0.113. The monoisotopic (exact) mass is 625 g/mol. The highest BCUT2D eigenvalue weighted by atomic mass is 16.5. The SMILES string of the molecule is C=C(\N=C(C)/C(=C\C)/C=C(\CC1CCCC1)C(C)=O)Nc1cccc(-c2cc3oc(N4CCOCC4)cc(=O)c3cc2O)c1.CC. The molecule has 2 fully saturated rings. The third kappa shape index (κ3) is 8.63. The Morgan fingerprint density at radius 1 is 1.11 bits per heavy atom. The molecular weight excluding hydrogens is 578 g/mol. The predicted octanol–water partition coefficient (Wildman–Crippen LogP) is 8.41. The maximum atomic E-state index is 12.9. The molecule has 0 spiro atoms. The molecule has 1 aliphatic heterocycles. The molecule has 1 saturated carbocycles. The van der Waals surface area contributed by atoms with Crippen LogP contribution in [-0.2, 0) is 9.53 Å². The van der Waals surface area contributed by atoms with Gasteiger partial charge in [0.25, 0.3) is 0 Å². The number of hydrogen-bond donors (Lipinski definition) is 2. The lowest BCUT2D eigenvalue weighted by Crippen LogP contribution is -2.36. The number of ether oxygens (including phenoxy) is 1. The third-order valence-electron chi connectivity index (χ3n) is 8.41. The second-order valence-corrected chi connectivity index (χ2v) is 11.6. The smallest absolute Gasteiger partial charge is 0.200 e. The molecule has 0 atom stereocenters. The molecule has 8 heteroatoms. The molecule has 244 valence electrons. The number of Topliss-reactive ketones (excluding diaryl/α,β-unsaturated/α-hetero) is 1. The number of carbonyl (C=O) groups is 1. The van der Waals surface area contributed by atoms with Crippen LogP contribution in [0.1, 0.15) is 66.7 Å². The summed E-state index contributed by atoms with van der Waals surface area (Å²) < 4.78 is 11.6. The summed E-state index contributed by atoms with van der Waals surface area (Å²) in [5.74, 6) is 1.60. The summed E-state index contributed by atoms with van der Waals surface area (Å²) in [7, 11) is 0. The number of benzene rings is 2. The number of allylic oxidation sites excluding steroid dienone is 4. The zero-order valence-electron chi connectivity index (χ0n) is 27.8. The van der Waals surface area contributed by atoms with E-state index in [4.69, 9.17) is 9.15 Å². The summed E-state index contributed by atoms with van der Waals surface area (Å²) in [4.78, 5) is 31.9. The molecular formula is C38H47N3O5. The number of nitrogens with one attached hydrogen (secondary N) is 1. The van der Waals surface area contributed by atoms with Gasteiger partial charge in [0.1, 0.15) is 17.2 Å². The van der Waals surface area contributed by atoms with Gasteiger partial charge in [-0.2, -0.15) is 0 Å². The number of rotatable bonds is 10. The van der Waals surface area contributed by atoms with Crippen molar-refractivity contribution in [2.45, 2.75) is 66.7 Å². The number of phenols is 1. The predicted molar refractivity (Wildman–Crippen MR) is 189 cm³/mol. The van der Waals surface area contributed by atoms with E-state index in [1.54, 1.807) is 13.0 Å². The average Bonchev–Trinajstić information content (AvgIpc) is 3.57. The van der Waals surface area contributed by atoms with Crippen molar-refractivity contribution in [1.82, 2.24) is 0 Å². The van der Waals surface area contributed by atoms with Crippen molar-refractivity contribution in [2.24, 2.45) is 10.9 Å². The Morgan fingerprint density at radius 2 is 1.83 bits per heavy atom. The highest BCUT2D eigenvalue weighted by molar-refractivity contribution is 6.04. The quantitative estimate of drug-likeness (QED) is 0.132. The zero-order valence-corrected chi connectivity index (χ0v) is 27.8. The van der Waals surface area contributed by atoms with E-state index in [9.17, 15) is 14.7 Å². The van der Waals surface area contributed by atoms with Gasteiger partial charge >= 0.3 is 0 Å². The van der Waals surface area contributed by atoms with Crippen molar-refractivity contribution in [3.63, 3.8) is 0 Å². The van der Waals surface area contributed by atoms with Gasteiger partial charge < -0.3 is 24.5 Å². The first kappa shape index (κ1) is 34.4. The average molecular weight is 626 g/mol. The Kier molecular flexibility index (Phi) is 12.1. The number of nitrogens with zero attached hydrogens (tertiary/aromatic N) is 2. The number of phenolic OH excluding ortho intramolecular Hbond substituents is 1. The van der Waals surface area contributed by atoms with Gasteiger partial charge in [-0.3, -0.25) is 9.59 Å². The molecule has 5 rings (SSSR count). The first-order valence-electron chi connectivity index (χ1n) is 16.3. The Bertz CT molecular complexity index is 1700. The van der Waals surface area contributed by atoms with Crippen molar-refractivity contribution < 1.29 is 19.1 Å². The number of ketones is 1. The van der Waals surface area contributed by atoms with E-state index in [-0.39, 0.29) is 17.0 Å². The van der Waals surface area contributed by atoms with Gasteiger partial charge in [-0.15, -0.1) is 0 Å². The zero-order chi connectivity index (χ0) is 33.2. The molecule has 46 heavy (non-hydrogen) atoms. The van der Waals surface area contributed by atoms with Gasteiger partial charge in [-0.25, -0.2) is 4.99 Å². The molecule has 2 heterocycles. The number of aliphatic imine (C=N–C) groups is 1. The minimum atomic E-state index is -0.209. The Hall–Kier alpha value is -4.43. The van der Waals surface area contributed by atoms with E-state index in [0.717, 1.165) is 34.5 Å². The third-order valence-corrected chi connectivity index (χ3v) is 8.41. The van der Waals surface area contributed by atoms with Crippen LogP contribution < -0.4 is 15.6 Å². The fourth-order valence-corrected chi connectivity index (χ4v) is 5.99. The number of fused-ring (bicyclic) bond motifs is 1. The van der Waals surface area contributed by atoms with E-state index in [1.165, 1.54) is 37.8 Å². The number of carbonyl (C=O) groups excluding carboxylic acids is 1. The molecule has 0 bridgehead atoms. The van der Waals surface area contributed by atoms with E-state index in [1.807, 2.05) is 69.0 Å². The summed E-state index contributed by atoms with van der Waals surface area (Å²) in [5, 5.41) is 14.4. The summed E-state index contributed by atoms with van der Waals surface area (Å²) in [5.41, 5.74) is 4.68. The van der Waals surface area contributed by atoms with E-state index in [2.05, 4.69) is 16.9 Å². The molecule has 3 aromatic rings. The first-order chi connectivity index (χ1) is 22.2. The maximum Gasteiger partial charge on any atom is 0.200 e. The fourth-order valence-electron chi connectivity index (χ4n) is 5.99. The van der Waals surface area contributed by atoms with Crippen LogP contribution in [0.2, 0.25) is 0 Å². The standard InChI is InChI=1S/C36H41N3O5.C2H6/c1-5-27(18-29(24(3)40)17-26-9-6-7-10-26)23(2)37-25(4)38-30-12-8-11-28(19-30)31-21-35-32(20-33(31)41)34(42)22-36(44-35)39-13-15-43-16-14-39;1-2/h5,8,11-12,18-22,26,38,41H,4,6-7,9-10,13-17H2,1-3H3;1-2H3/b27-5-,29-18+,37-23-;. The van der Waals surface area contributed by atoms with Crippen LogP contribution >= 0.6 is 0 Å². The van der Waals surface area contributed by atoms with Crippen LogP contribution in [0, 0.1) is 5.92 Å². The second kappa shape index (κ2) is 16.2. The Balaban J connectivity index is 0.00000235. The molecule has 1 aliphatic carbocycles. The molecule has 0 unspecified atom stereocenters. The number of anilines is 2. The molecule has 0 radical (unpaired) electrons. The van der Waals surface area contributed by atoms with E-state index in [0.29, 0.717) is 60.5 Å². The van der Waals surface area contributed by atoms with Crippen molar-refractivity contribution in [2.75, 3.05) is 36.5 Å². The van der Waals surface area contributed by atoms with Gasteiger partial charge in [0.2, 0.25) is 0 Å². The normalized spacial score (nSPS) is 16.3. The molecule has 8 nitrogen and oxygen atoms in total. The molecule has 2 N–H and O–H groups in total. The van der Waals surface area contributed by atoms with Gasteiger partial charge in [0.05, 0.1) is 18.6 Å². The fraction of sp³-hybridized carbons (Fsp3) is 0.395. The van der Waals surface area contributed by atoms with Crippen LogP contribution in [0.3, 0.4) is 0 Å². The van der Waals surface area contributed by atoms with Gasteiger partial charge in [-0.1, -0.05) is 64.3 Å². The van der Waals surface area contributed by atoms with Crippen LogP contribution in [-0.4, -0.2) is 42.9 Å². The van der Waals surface area contributed by atoms with Crippen molar-refractivity contribution in [3.8, 4) is 16.9 Å². The maximum absolute atomic E-state index is 12.9. The van der Waals surface area contributed by atoms with E-state index < -0.39 is 0 Å². The summed E-state index contributed by atoms with van der Waals surface area (Å²) in [6.07, 6.45) is 9.60. The number of hydrogen-bond acceptors (Lipinski definition) is 8. The van der Waals surface area contributed by atoms with Crippen molar-refractivity contribution in [1.29, 1.82) is 0 Å². The van der Waals surface area contributed by atoms with Crippen molar-refractivity contribution >= 4 is 34.0 Å². The van der Waals surface area contributed by atoms with Crippen LogP contribution in [0.4, 0.5) is 11.6 Å². The van der Waals surface area contributed by atoms with E-state index >= 15 is 0 Å². The summed E-state index contributed by atoms with van der Waals surface area (Å²) in [6.45, 7) is 16.0. The topological polar surface area (TPSA) is 104 Å². The summed E-state index contributed by atoms with van der Waals surface area (Å²) >= 11 is 0. The second-order valence-electron chi connectivity index (χ2n) is 11.6. The Morgan fingerprint density at radius 3 is 2.50 bits per heavy atom. The van der Waals surface area contributed by atoms with Crippen LogP contribution in [0.5, 0.6) is 5.75 Å². The van der Waals surface area contributed by atoms with Crippen LogP contribution in [0.25, 0.3) is 22.1 Å². The summed E-state index contributed by atoms with van der Waals surface area (Å²) in [6, 6.07) is 12.1. The number of aromatic hydroxyl groups is 1. The Labute approximate surface area is 272 Å². The van der Waals surface area contributed by atoms with Gasteiger partial charge in [-0.05, 0) is 80.2 Å². The lowest BCUT2D eigenvalue weighted by atomic mass is 9.93. The minimum Gasteiger partial charge on any atom is -0.507 e. The molecule has 1 saturated heterocycles.